The first kappa shape index (κ1) is 20.7. The molecule has 2 heterocycles. The Labute approximate surface area is 182 Å². The molecule has 3 aromatic rings. The van der Waals surface area contributed by atoms with E-state index in [1.165, 1.54) is 11.3 Å². The second kappa shape index (κ2) is 8.68. The van der Waals surface area contributed by atoms with E-state index in [0.29, 0.717) is 35.3 Å². The number of carbonyl (C=O) groups excluding carboxylic acids is 2. The average Bonchev–Trinajstić information content (AvgIpc) is 3.34. The molecule has 1 atom stereocenters. The molecule has 1 aliphatic heterocycles. The highest BCUT2D eigenvalue weighted by Gasteiger charge is 2.28. The van der Waals surface area contributed by atoms with Crippen molar-refractivity contribution < 1.29 is 14.0 Å². The second-order valence-corrected chi connectivity index (χ2v) is 8.24. The average molecular weight is 418 g/mol. The monoisotopic (exact) mass is 417 g/mol. The van der Waals surface area contributed by atoms with Gasteiger partial charge >= 0.3 is 0 Å². The molecule has 0 aliphatic carbocycles. The molecule has 2 amide bonds. The van der Waals surface area contributed by atoms with E-state index in [2.05, 4.69) is 40.7 Å². The van der Waals surface area contributed by atoms with Crippen LogP contribution in [0.4, 0.5) is 17.1 Å². The van der Waals surface area contributed by atoms with E-state index in [4.69, 9.17) is 4.42 Å². The van der Waals surface area contributed by atoms with Crippen molar-refractivity contribution in [3.63, 3.8) is 0 Å². The summed E-state index contributed by atoms with van der Waals surface area (Å²) in [5.41, 5.74) is 4.38. The lowest BCUT2D eigenvalue weighted by Crippen LogP contribution is -2.29. The Bertz CT molecular complexity index is 1090. The number of hydrogen-bond donors (Lipinski definition) is 2. The maximum atomic E-state index is 12.9. The Hall–Kier alpha value is -3.54. The molecule has 0 saturated carbocycles. The first-order valence-corrected chi connectivity index (χ1v) is 10.6. The Morgan fingerprint density at radius 3 is 2.42 bits per heavy atom. The van der Waals surface area contributed by atoms with Crippen molar-refractivity contribution in [3.8, 4) is 0 Å². The summed E-state index contributed by atoms with van der Waals surface area (Å²) in [5, 5.41) is 5.75. The summed E-state index contributed by atoms with van der Waals surface area (Å²) in [7, 11) is 0. The minimum Gasteiger partial charge on any atom is -0.467 e. The first-order chi connectivity index (χ1) is 14.9. The quantitative estimate of drug-likeness (QED) is 0.587. The van der Waals surface area contributed by atoms with Gasteiger partial charge in [-0.25, -0.2) is 0 Å². The van der Waals surface area contributed by atoms with Gasteiger partial charge in [0, 0.05) is 29.0 Å². The van der Waals surface area contributed by atoms with Gasteiger partial charge in [-0.15, -0.1) is 0 Å². The molecule has 0 saturated heterocycles. The number of amides is 2. The van der Waals surface area contributed by atoms with Crippen LogP contribution < -0.4 is 15.5 Å². The number of para-hydroxylation sites is 1. The highest BCUT2D eigenvalue weighted by molar-refractivity contribution is 6.05. The molecule has 4 rings (SSSR count). The number of fused-ring (bicyclic) bond motifs is 1. The van der Waals surface area contributed by atoms with Crippen LogP contribution >= 0.6 is 0 Å². The zero-order valence-electron chi connectivity index (χ0n) is 18.0. The van der Waals surface area contributed by atoms with Crippen LogP contribution in [0, 0.1) is 5.92 Å². The van der Waals surface area contributed by atoms with Crippen LogP contribution in [0.15, 0.2) is 65.3 Å². The van der Waals surface area contributed by atoms with E-state index in [1.807, 2.05) is 19.9 Å². The topological polar surface area (TPSA) is 74.6 Å². The molecule has 31 heavy (non-hydrogen) atoms. The molecule has 160 valence electrons. The fourth-order valence-electron chi connectivity index (χ4n) is 3.81. The number of benzene rings is 2. The number of hydrogen-bond acceptors (Lipinski definition) is 4. The van der Waals surface area contributed by atoms with Crippen molar-refractivity contribution in [3.05, 3.63) is 77.7 Å². The first-order valence-electron chi connectivity index (χ1n) is 10.6. The Balaban J connectivity index is 1.44. The molecule has 1 unspecified atom stereocenters. The van der Waals surface area contributed by atoms with Gasteiger partial charge in [0.15, 0.2) is 0 Å². The molecule has 0 fully saturated rings. The number of furan rings is 1. The maximum Gasteiger partial charge on any atom is 0.259 e. The van der Waals surface area contributed by atoms with Crippen LogP contribution in [0.2, 0.25) is 0 Å². The van der Waals surface area contributed by atoms with Gasteiger partial charge in [0.1, 0.15) is 5.76 Å². The van der Waals surface area contributed by atoms with E-state index in [0.717, 1.165) is 6.42 Å². The largest absolute Gasteiger partial charge is 0.467 e. The fourth-order valence-corrected chi connectivity index (χ4v) is 3.81. The normalized spacial score (nSPS) is 15.1. The predicted molar refractivity (Wildman–Crippen MR) is 122 cm³/mol. The standard InChI is InChI=1S/C25H27N3O3/c1-16(2)24(29)26-19-8-10-20(11-9-19)27-25(30)21-12-13-31-23(21)15-28-17(3)14-18-6-4-5-7-22(18)28/h4-13,16-17H,14-15H2,1-3H3,(H,26,29)(H,27,30). The molecular weight excluding hydrogens is 390 g/mol. The Kier molecular flexibility index (Phi) is 5.80. The molecule has 0 radical (unpaired) electrons. The Morgan fingerprint density at radius 2 is 1.71 bits per heavy atom. The lowest BCUT2D eigenvalue weighted by atomic mass is 10.1. The highest BCUT2D eigenvalue weighted by atomic mass is 16.3. The van der Waals surface area contributed by atoms with E-state index in [9.17, 15) is 9.59 Å². The van der Waals surface area contributed by atoms with Gasteiger partial charge in [-0.1, -0.05) is 32.0 Å². The van der Waals surface area contributed by atoms with Crippen LogP contribution in [-0.2, 0) is 17.8 Å². The van der Waals surface area contributed by atoms with Crippen molar-refractivity contribution in [2.75, 3.05) is 15.5 Å². The minimum absolute atomic E-state index is 0.0439. The number of nitrogens with zero attached hydrogens (tertiary/aromatic N) is 1. The van der Waals surface area contributed by atoms with E-state index < -0.39 is 0 Å². The minimum atomic E-state index is -0.220. The third kappa shape index (κ3) is 4.48. The van der Waals surface area contributed by atoms with Gasteiger partial charge in [-0.2, -0.15) is 0 Å². The summed E-state index contributed by atoms with van der Waals surface area (Å²) in [5.74, 6) is 0.284. The van der Waals surface area contributed by atoms with Crippen LogP contribution in [0.5, 0.6) is 0 Å². The molecular formula is C25H27N3O3. The van der Waals surface area contributed by atoms with Crippen molar-refractivity contribution in [1.82, 2.24) is 0 Å². The van der Waals surface area contributed by atoms with Crippen molar-refractivity contribution in [2.45, 2.75) is 39.8 Å². The molecule has 1 aliphatic rings. The maximum absolute atomic E-state index is 12.9. The molecule has 0 bridgehead atoms. The van der Waals surface area contributed by atoms with Crippen LogP contribution in [0.25, 0.3) is 0 Å². The summed E-state index contributed by atoms with van der Waals surface area (Å²) >= 11 is 0. The van der Waals surface area contributed by atoms with E-state index in [1.54, 1.807) is 36.6 Å². The van der Waals surface area contributed by atoms with Crippen LogP contribution in [-0.4, -0.2) is 17.9 Å². The van der Waals surface area contributed by atoms with Crippen LogP contribution in [0.3, 0.4) is 0 Å². The van der Waals surface area contributed by atoms with Gasteiger partial charge in [0.05, 0.1) is 18.4 Å². The molecule has 1 aromatic heterocycles. The van der Waals surface area contributed by atoms with Crippen molar-refractivity contribution in [2.24, 2.45) is 5.92 Å². The molecule has 6 heteroatoms. The number of nitrogens with one attached hydrogen (secondary N) is 2. The van der Waals surface area contributed by atoms with Gasteiger partial charge in [-0.05, 0) is 55.3 Å². The summed E-state index contributed by atoms with van der Waals surface area (Å²) in [6, 6.07) is 17.5. The summed E-state index contributed by atoms with van der Waals surface area (Å²) in [6.45, 7) is 6.40. The smallest absolute Gasteiger partial charge is 0.259 e. The van der Waals surface area contributed by atoms with Crippen molar-refractivity contribution >= 4 is 28.9 Å². The van der Waals surface area contributed by atoms with Gasteiger partial charge < -0.3 is 20.0 Å². The fraction of sp³-hybridized carbons (Fsp3) is 0.280. The molecule has 2 aromatic carbocycles. The molecule has 6 nitrogen and oxygen atoms in total. The number of rotatable bonds is 6. The number of carbonyl (C=O) groups is 2. The SMILES string of the molecule is CC(C)C(=O)Nc1ccc(NC(=O)c2ccoc2CN2c3ccccc3CC2C)cc1. The third-order valence-corrected chi connectivity index (χ3v) is 5.59. The summed E-state index contributed by atoms with van der Waals surface area (Å²) in [4.78, 5) is 27.0. The predicted octanol–water partition coefficient (Wildman–Crippen LogP) is 5.08. The van der Waals surface area contributed by atoms with Crippen LogP contribution in [0.1, 0.15) is 42.5 Å². The lowest BCUT2D eigenvalue weighted by Gasteiger charge is -2.24. The van der Waals surface area contributed by atoms with E-state index in [-0.39, 0.29) is 17.7 Å². The lowest BCUT2D eigenvalue weighted by molar-refractivity contribution is -0.118. The summed E-state index contributed by atoms with van der Waals surface area (Å²) in [6.07, 6.45) is 2.54. The molecule has 2 N–H and O–H groups in total. The van der Waals surface area contributed by atoms with Crippen molar-refractivity contribution in [1.29, 1.82) is 0 Å². The third-order valence-electron chi connectivity index (χ3n) is 5.59. The van der Waals surface area contributed by atoms with Gasteiger partial charge in [0.25, 0.3) is 5.91 Å². The summed E-state index contributed by atoms with van der Waals surface area (Å²) < 4.78 is 5.68. The zero-order valence-corrected chi connectivity index (χ0v) is 18.0. The zero-order chi connectivity index (χ0) is 22.0. The van der Waals surface area contributed by atoms with Gasteiger partial charge in [0.2, 0.25) is 5.91 Å². The van der Waals surface area contributed by atoms with Gasteiger partial charge in [-0.3, -0.25) is 9.59 Å². The number of anilines is 3. The second-order valence-electron chi connectivity index (χ2n) is 8.24. The Morgan fingerprint density at radius 1 is 1.03 bits per heavy atom. The highest BCUT2D eigenvalue weighted by Crippen LogP contribution is 2.33. The van der Waals surface area contributed by atoms with E-state index >= 15 is 0 Å². The molecule has 0 spiro atoms.